The van der Waals surface area contributed by atoms with E-state index >= 15 is 0 Å². The summed E-state index contributed by atoms with van der Waals surface area (Å²) in [5.41, 5.74) is 1.20. The maximum atomic E-state index is 11.4. The standard InChI is InChI=1S/C40H64O9/c1-10-25(2)21-27(4)37(46)31(8)39-29(6)33(41)24-40(49-39)34(42)22-28(5)38(48-40)30(7)36(45)26(3)19-17-15-13-11-12-14-16-18-20-32(47-9)23-35(43)44/h10-20,26-34,36-39,41-42,45-46H,21-24H2,1-9H3,(H,43,44). The van der Waals surface area contributed by atoms with Crippen LogP contribution in [0.15, 0.2) is 72.4 Å². The predicted octanol–water partition coefficient (Wildman–Crippen LogP) is 6.15. The van der Waals surface area contributed by atoms with Gasteiger partial charge in [-0.15, -0.1) is 0 Å². The van der Waals surface area contributed by atoms with Crippen LogP contribution in [-0.4, -0.2) is 87.1 Å². The fourth-order valence-electron chi connectivity index (χ4n) is 7.14. The van der Waals surface area contributed by atoms with E-state index in [4.69, 9.17) is 19.3 Å². The van der Waals surface area contributed by atoms with Crippen LogP contribution in [0.2, 0.25) is 0 Å². The van der Waals surface area contributed by atoms with E-state index in [1.807, 2.05) is 91.0 Å². The van der Waals surface area contributed by atoms with Gasteiger partial charge in [0.1, 0.15) is 6.10 Å². The van der Waals surface area contributed by atoms with Gasteiger partial charge in [-0.3, -0.25) is 4.79 Å². The van der Waals surface area contributed by atoms with Crippen LogP contribution in [0, 0.1) is 35.5 Å². The molecule has 2 rings (SSSR count). The Kier molecular flexibility index (Phi) is 17.9. The Morgan fingerprint density at radius 2 is 1.39 bits per heavy atom. The lowest BCUT2D eigenvalue weighted by atomic mass is 9.74. The molecule has 2 heterocycles. The molecule has 0 saturated carbocycles. The minimum absolute atomic E-state index is 0.00961. The van der Waals surface area contributed by atoms with Crippen molar-refractivity contribution in [3.05, 3.63) is 72.4 Å². The van der Waals surface area contributed by atoms with Gasteiger partial charge in [-0.25, -0.2) is 0 Å². The maximum Gasteiger partial charge on any atom is 0.306 e. The van der Waals surface area contributed by atoms with Gasteiger partial charge < -0.3 is 39.7 Å². The lowest BCUT2D eigenvalue weighted by Gasteiger charge is -2.55. The van der Waals surface area contributed by atoms with Crippen LogP contribution in [0.4, 0.5) is 0 Å². The number of allylic oxidation sites excluding steroid dienone is 10. The number of hydrogen-bond acceptors (Lipinski definition) is 8. The van der Waals surface area contributed by atoms with Gasteiger partial charge in [0.15, 0.2) is 5.79 Å². The quantitative estimate of drug-likeness (QED) is 0.0898. The number of hydrogen-bond donors (Lipinski definition) is 5. The summed E-state index contributed by atoms with van der Waals surface area (Å²) in [5.74, 6) is -3.46. The average Bonchev–Trinajstić information content (AvgIpc) is 3.06. The molecule has 5 N–H and O–H groups in total. The first-order valence-electron chi connectivity index (χ1n) is 17.9. The molecule has 0 aliphatic carbocycles. The Balaban J connectivity index is 2.06. The Bertz CT molecular complexity index is 1190. The van der Waals surface area contributed by atoms with Crippen molar-refractivity contribution < 1.29 is 44.5 Å². The van der Waals surface area contributed by atoms with E-state index in [0.717, 1.165) is 6.42 Å². The molecule has 0 aromatic heterocycles. The number of carboxylic acid groups (broad SMARTS) is 1. The molecule has 9 heteroatoms. The summed E-state index contributed by atoms with van der Waals surface area (Å²) in [5, 5.41) is 54.1. The highest BCUT2D eigenvalue weighted by molar-refractivity contribution is 5.67. The number of methoxy groups -OCH3 is 1. The molecule has 14 atom stereocenters. The number of aliphatic hydroxyl groups excluding tert-OH is 4. The molecule has 0 aromatic carbocycles. The molecule has 278 valence electrons. The molecule has 9 nitrogen and oxygen atoms in total. The predicted molar refractivity (Wildman–Crippen MR) is 194 cm³/mol. The number of aliphatic carboxylic acids is 1. The van der Waals surface area contributed by atoms with Crippen molar-refractivity contribution in [1.29, 1.82) is 0 Å². The van der Waals surface area contributed by atoms with Crippen LogP contribution in [0.5, 0.6) is 0 Å². The highest BCUT2D eigenvalue weighted by Crippen LogP contribution is 2.47. The summed E-state index contributed by atoms with van der Waals surface area (Å²) in [4.78, 5) is 10.8. The number of rotatable bonds is 17. The van der Waals surface area contributed by atoms with Crippen molar-refractivity contribution in [2.45, 2.75) is 130 Å². The molecule has 14 unspecified atom stereocenters. The second kappa shape index (κ2) is 20.5. The fourth-order valence-corrected chi connectivity index (χ4v) is 7.14. The van der Waals surface area contributed by atoms with E-state index in [1.165, 1.54) is 12.7 Å². The van der Waals surface area contributed by atoms with E-state index in [-0.39, 0.29) is 48.3 Å². The summed E-state index contributed by atoms with van der Waals surface area (Å²) in [6, 6.07) is 0. The van der Waals surface area contributed by atoms with Gasteiger partial charge in [-0.2, -0.15) is 0 Å². The normalized spacial score (nSPS) is 33.1. The van der Waals surface area contributed by atoms with Crippen molar-refractivity contribution in [2.75, 3.05) is 7.11 Å². The highest BCUT2D eigenvalue weighted by atomic mass is 16.7. The molecular formula is C40H64O9. The van der Waals surface area contributed by atoms with Crippen LogP contribution in [0.3, 0.4) is 0 Å². The van der Waals surface area contributed by atoms with Crippen LogP contribution >= 0.6 is 0 Å². The van der Waals surface area contributed by atoms with Gasteiger partial charge >= 0.3 is 5.97 Å². The second-order valence-corrected chi connectivity index (χ2v) is 14.5. The molecule has 0 radical (unpaired) electrons. The van der Waals surface area contributed by atoms with Gasteiger partial charge in [0.25, 0.3) is 0 Å². The Morgan fingerprint density at radius 3 is 1.94 bits per heavy atom. The van der Waals surface area contributed by atoms with E-state index in [9.17, 15) is 25.2 Å². The first-order chi connectivity index (χ1) is 23.1. The highest BCUT2D eigenvalue weighted by Gasteiger charge is 2.57. The molecule has 0 amide bonds. The number of ether oxygens (including phenoxy) is 3. The molecule has 0 aromatic rings. The van der Waals surface area contributed by atoms with Crippen molar-refractivity contribution >= 4 is 5.97 Å². The molecular weight excluding hydrogens is 624 g/mol. The van der Waals surface area contributed by atoms with Crippen molar-refractivity contribution in [3.8, 4) is 0 Å². The third-order valence-electron chi connectivity index (χ3n) is 10.5. The van der Waals surface area contributed by atoms with Gasteiger partial charge in [-0.1, -0.05) is 114 Å². The maximum absolute atomic E-state index is 11.4. The van der Waals surface area contributed by atoms with Crippen LogP contribution in [0.25, 0.3) is 0 Å². The smallest absolute Gasteiger partial charge is 0.306 e. The SMILES string of the molecule is CC=C(C)CC(C)C(O)C(C)C1OC2(CC(O)C1C)OC(C(C)C(O)C(C)C=CC=CC=CC=CC=CC(CC(=O)O)OC)C(C)CC2O. The molecule has 1 spiro atoms. The molecule has 49 heavy (non-hydrogen) atoms. The first kappa shape index (κ1) is 42.8. The zero-order valence-corrected chi connectivity index (χ0v) is 31.1. The lowest BCUT2D eigenvalue weighted by Crippen LogP contribution is -2.65. The monoisotopic (exact) mass is 688 g/mol. The summed E-state index contributed by atoms with van der Waals surface area (Å²) in [6.45, 7) is 15.8. The van der Waals surface area contributed by atoms with Gasteiger partial charge in [-0.05, 0) is 38.5 Å². The van der Waals surface area contributed by atoms with E-state index < -0.39 is 54.5 Å². The number of aliphatic hydroxyl groups is 4. The Hall–Kier alpha value is -2.37. The average molecular weight is 689 g/mol. The van der Waals surface area contributed by atoms with E-state index in [1.54, 1.807) is 18.2 Å². The first-order valence-corrected chi connectivity index (χ1v) is 17.9. The fraction of sp³-hybridized carbons (Fsp3) is 0.675. The van der Waals surface area contributed by atoms with Crippen molar-refractivity contribution in [3.63, 3.8) is 0 Å². The van der Waals surface area contributed by atoms with Gasteiger partial charge in [0, 0.05) is 37.2 Å². The molecule has 0 bridgehead atoms. The van der Waals surface area contributed by atoms with E-state index in [0.29, 0.717) is 6.42 Å². The van der Waals surface area contributed by atoms with Gasteiger partial charge in [0.05, 0.1) is 43.0 Å². The number of carboxylic acids is 1. The molecule has 2 saturated heterocycles. The van der Waals surface area contributed by atoms with Gasteiger partial charge in [0.2, 0.25) is 0 Å². The van der Waals surface area contributed by atoms with Crippen LogP contribution in [0.1, 0.15) is 81.1 Å². The summed E-state index contributed by atoms with van der Waals surface area (Å²) < 4.78 is 18.4. The third kappa shape index (κ3) is 12.4. The molecule has 2 aliphatic rings. The summed E-state index contributed by atoms with van der Waals surface area (Å²) >= 11 is 0. The lowest BCUT2D eigenvalue weighted by molar-refractivity contribution is -0.390. The Labute approximate surface area is 294 Å². The Morgan fingerprint density at radius 1 is 0.857 bits per heavy atom. The molecule has 2 aliphatic heterocycles. The molecule has 2 fully saturated rings. The van der Waals surface area contributed by atoms with Crippen LogP contribution < -0.4 is 0 Å². The minimum atomic E-state index is -1.43. The third-order valence-corrected chi connectivity index (χ3v) is 10.5. The topological polar surface area (TPSA) is 146 Å². The minimum Gasteiger partial charge on any atom is -0.481 e. The second-order valence-electron chi connectivity index (χ2n) is 14.5. The zero-order valence-electron chi connectivity index (χ0n) is 31.1. The summed E-state index contributed by atoms with van der Waals surface area (Å²) in [7, 11) is 1.47. The zero-order chi connectivity index (χ0) is 36.9. The van der Waals surface area contributed by atoms with Crippen molar-refractivity contribution in [1.82, 2.24) is 0 Å². The number of carbonyl (C=O) groups is 1. The summed E-state index contributed by atoms with van der Waals surface area (Å²) in [6.07, 6.45) is 17.0. The van der Waals surface area contributed by atoms with E-state index in [2.05, 4.69) is 13.0 Å². The van der Waals surface area contributed by atoms with Crippen LogP contribution in [-0.2, 0) is 19.0 Å². The van der Waals surface area contributed by atoms with Crippen molar-refractivity contribution in [2.24, 2.45) is 35.5 Å². The largest absolute Gasteiger partial charge is 0.481 e.